The van der Waals surface area contributed by atoms with Gasteiger partial charge in [-0.15, -0.1) is 0 Å². The van der Waals surface area contributed by atoms with Crippen molar-refractivity contribution in [2.24, 2.45) is 0 Å². The summed E-state index contributed by atoms with van der Waals surface area (Å²) in [7, 11) is -1.16. The molecule has 0 saturated heterocycles. The lowest BCUT2D eigenvalue weighted by Crippen LogP contribution is -1.56. The summed E-state index contributed by atoms with van der Waals surface area (Å²) < 4.78 is 34.6. The molecule has 0 bridgehead atoms. The van der Waals surface area contributed by atoms with Gasteiger partial charge in [0.15, 0.2) is 0 Å². The normalized spacial score (nSPS) is 8.29. The summed E-state index contributed by atoms with van der Waals surface area (Å²) in [5.41, 5.74) is 0. The topological polar surface area (TPSA) is 26.3 Å². The van der Waals surface area contributed by atoms with Gasteiger partial charge in [-0.1, -0.05) is 0 Å². The molecule has 1 unspecified atom stereocenters. The van der Waals surface area contributed by atoms with Gasteiger partial charge >= 0.3 is 14.8 Å². The second-order valence-electron chi connectivity index (χ2n) is 0.609. The van der Waals surface area contributed by atoms with Gasteiger partial charge < -0.3 is 0 Å². The molecule has 0 fully saturated rings. The maximum Gasteiger partial charge on any atom is 0.541 e. The summed E-state index contributed by atoms with van der Waals surface area (Å²) in [6, 6.07) is 0. The first-order valence-electron chi connectivity index (χ1n) is 1.31. The second-order valence-corrected chi connectivity index (χ2v) is 1.01. The van der Waals surface area contributed by atoms with Gasteiger partial charge in [0.05, 0.1) is 0 Å². The maximum atomic E-state index is 10.8. The molecule has 7 heavy (non-hydrogen) atoms. The summed E-state index contributed by atoms with van der Waals surface area (Å²) in [6.07, 6.45) is -1.85. The highest BCUT2D eigenvalue weighted by molar-refractivity contribution is 7.17. The molecule has 40 valence electrons. The standard InChI is InChI=1S/C2H2F2O2P/c3-2(4)1-6-7-5/h1,7H/q+1. The molecule has 0 N–H and O–H groups in total. The molecule has 0 aromatic heterocycles. The van der Waals surface area contributed by atoms with Gasteiger partial charge in [0.1, 0.15) is 0 Å². The average molecular weight is 127 g/mol. The van der Waals surface area contributed by atoms with E-state index in [0.717, 1.165) is 0 Å². The average Bonchev–Trinajstić information content (AvgIpc) is 1.61. The lowest BCUT2D eigenvalue weighted by atomic mass is 11.1. The molecule has 0 saturated carbocycles. The number of halogens is 2. The van der Waals surface area contributed by atoms with Crippen LogP contribution in [0.5, 0.6) is 0 Å². The summed E-state index contributed by atoms with van der Waals surface area (Å²) in [6.45, 7) is 0. The minimum Gasteiger partial charge on any atom is -0.258 e. The highest BCUT2D eigenvalue weighted by atomic mass is 31.1. The molecule has 0 aromatic rings. The molecular formula is C2H2F2O2P+. The first-order valence-corrected chi connectivity index (χ1v) is 2.13. The van der Waals surface area contributed by atoms with Crippen molar-refractivity contribution in [2.45, 2.75) is 0 Å². The zero-order valence-electron chi connectivity index (χ0n) is 3.15. The van der Waals surface area contributed by atoms with Crippen LogP contribution in [0.1, 0.15) is 0 Å². The van der Waals surface area contributed by atoms with E-state index in [1.165, 1.54) is 0 Å². The van der Waals surface area contributed by atoms with Crippen molar-refractivity contribution in [1.82, 2.24) is 0 Å². The van der Waals surface area contributed by atoms with Crippen LogP contribution in [0, 0.1) is 0 Å². The van der Waals surface area contributed by atoms with E-state index >= 15 is 0 Å². The molecule has 0 aliphatic heterocycles. The Bertz CT molecular complexity index is 87.7. The van der Waals surface area contributed by atoms with Crippen LogP contribution in [0.3, 0.4) is 0 Å². The molecule has 0 heterocycles. The molecule has 0 radical (unpaired) electrons. The van der Waals surface area contributed by atoms with E-state index in [2.05, 4.69) is 4.52 Å². The summed E-state index contributed by atoms with van der Waals surface area (Å²) in [5.74, 6) is 0. The maximum absolute atomic E-state index is 10.8. The predicted molar refractivity (Wildman–Crippen MR) is 20.4 cm³/mol. The summed E-state index contributed by atoms with van der Waals surface area (Å²) in [5, 5.41) is 0. The quantitative estimate of drug-likeness (QED) is 0.416. The third-order valence-corrected chi connectivity index (χ3v) is 0.410. The van der Waals surface area contributed by atoms with Crippen molar-refractivity contribution >= 4 is 8.69 Å². The van der Waals surface area contributed by atoms with Crippen LogP contribution in [-0.2, 0) is 9.09 Å². The van der Waals surface area contributed by atoms with Crippen molar-refractivity contribution in [3.63, 3.8) is 0 Å². The van der Waals surface area contributed by atoms with Crippen molar-refractivity contribution in [1.29, 1.82) is 0 Å². The van der Waals surface area contributed by atoms with Crippen molar-refractivity contribution in [3.05, 3.63) is 12.3 Å². The molecule has 1 atom stereocenters. The van der Waals surface area contributed by atoms with E-state index in [4.69, 9.17) is 0 Å². The Morgan fingerprint density at radius 3 is 2.43 bits per heavy atom. The van der Waals surface area contributed by atoms with E-state index < -0.39 is 14.8 Å². The Morgan fingerprint density at radius 1 is 1.71 bits per heavy atom. The van der Waals surface area contributed by atoms with Gasteiger partial charge in [0, 0.05) is 0 Å². The molecule has 0 spiro atoms. The van der Waals surface area contributed by atoms with Gasteiger partial charge in [-0.25, -0.2) is 0 Å². The fraction of sp³-hybridized carbons (Fsp3) is 0. The van der Waals surface area contributed by atoms with Crippen molar-refractivity contribution in [3.8, 4) is 0 Å². The van der Waals surface area contributed by atoms with E-state index in [0.29, 0.717) is 0 Å². The molecular weight excluding hydrogens is 125 g/mol. The van der Waals surface area contributed by atoms with Crippen LogP contribution in [0.2, 0.25) is 0 Å². The Balaban J connectivity index is 3.25. The molecule has 2 nitrogen and oxygen atoms in total. The molecule has 0 aliphatic rings. The van der Waals surface area contributed by atoms with E-state index in [9.17, 15) is 13.3 Å². The Morgan fingerprint density at radius 2 is 2.29 bits per heavy atom. The minimum atomic E-state index is -1.98. The van der Waals surface area contributed by atoms with Crippen LogP contribution in [-0.4, -0.2) is 0 Å². The lowest BCUT2D eigenvalue weighted by Gasteiger charge is -1.67. The first kappa shape index (κ1) is 6.50. The van der Waals surface area contributed by atoms with Crippen LogP contribution < -0.4 is 0 Å². The molecule has 0 aromatic carbocycles. The van der Waals surface area contributed by atoms with E-state index in [1.807, 2.05) is 0 Å². The monoisotopic (exact) mass is 127 g/mol. The third-order valence-electron chi connectivity index (χ3n) is 0.196. The van der Waals surface area contributed by atoms with Gasteiger partial charge in [-0.2, -0.15) is 8.78 Å². The zero-order valence-corrected chi connectivity index (χ0v) is 4.15. The smallest absolute Gasteiger partial charge is 0.258 e. The highest BCUT2D eigenvalue weighted by Gasteiger charge is 1.88. The predicted octanol–water partition coefficient (Wildman–Crippen LogP) is 1.68. The lowest BCUT2D eigenvalue weighted by molar-refractivity contribution is 0.373. The fourth-order valence-electron chi connectivity index (χ4n) is 0.0686. The number of hydrogen-bond donors (Lipinski definition) is 0. The Labute approximate surface area is 40.1 Å². The molecule has 0 rings (SSSR count). The number of hydrogen-bond acceptors (Lipinski definition) is 2. The summed E-state index contributed by atoms with van der Waals surface area (Å²) >= 11 is 0. The van der Waals surface area contributed by atoms with Crippen molar-refractivity contribution in [2.75, 3.05) is 0 Å². The molecule has 5 heteroatoms. The SMILES string of the molecule is O=[PH+]OC=C(F)F. The Kier molecular flexibility index (Phi) is 3.42. The Hall–Kier alpha value is -0.500. The van der Waals surface area contributed by atoms with E-state index in [-0.39, 0.29) is 6.26 Å². The van der Waals surface area contributed by atoms with Crippen molar-refractivity contribution < 1.29 is 17.9 Å². The van der Waals surface area contributed by atoms with Crippen LogP contribution in [0.15, 0.2) is 12.3 Å². The van der Waals surface area contributed by atoms with Gasteiger partial charge in [-0.3, -0.25) is 4.52 Å². The van der Waals surface area contributed by atoms with Crippen LogP contribution in [0.25, 0.3) is 0 Å². The zero-order chi connectivity index (χ0) is 5.70. The van der Waals surface area contributed by atoms with Gasteiger partial charge in [0.2, 0.25) is 6.26 Å². The largest absolute Gasteiger partial charge is 0.541 e. The van der Waals surface area contributed by atoms with Crippen LogP contribution >= 0.6 is 8.69 Å². The minimum absolute atomic E-state index is 0.130. The fourth-order valence-corrected chi connectivity index (χ4v) is 0.206. The van der Waals surface area contributed by atoms with Crippen LogP contribution in [0.4, 0.5) is 8.78 Å². The molecule has 0 amide bonds. The third kappa shape index (κ3) is 5.50. The van der Waals surface area contributed by atoms with E-state index in [1.54, 1.807) is 0 Å². The second kappa shape index (κ2) is 3.68. The first-order chi connectivity index (χ1) is 3.27. The molecule has 0 aliphatic carbocycles. The summed E-state index contributed by atoms with van der Waals surface area (Å²) in [4.78, 5) is 0. The van der Waals surface area contributed by atoms with Gasteiger partial charge in [-0.05, 0) is 4.57 Å². The van der Waals surface area contributed by atoms with Gasteiger partial charge in [0.25, 0.3) is 0 Å². The number of rotatable bonds is 2. The highest BCUT2D eigenvalue weighted by Crippen LogP contribution is 2.01.